The Kier molecular flexibility index (Phi) is 7.03. The quantitative estimate of drug-likeness (QED) is 0.327. The van der Waals surface area contributed by atoms with E-state index in [9.17, 15) is 4.79 Å². The summed E-state index contributed by atoms with van der Waals surface area (Å²) in [5.74, 6) is 0.662. The number of halogens is 1. The third-order valence-corrected chi connectivity index (χ3v) is 6.18. The maximum atomic E-state index is 13.0. The Labute approximate surface area is 205 Å². The number of hydrogen-bond donors (Lipinski definition) is 1. The smallest absolute Gasteiger partial charge is 0.255 e. The van der Waals surface area contributed by atoms with Crippen LogP contribution in [0.15, 0.2) is 66.7 Å². The fourth-order valence-corrected chi connectivity index (χ4v) is 4.13. The Balaban J connectivity index is 1.47. The molecule has 0 saturated heterocycles. The third kappa shape index (κ3) is 5.32. The number of ether oxygens (including phenoxy) is 1. The average molecular weight is 474 g/mol. The van der Waals surface area contributed by atoms with E-state index in [1.54, 1.807) is 6.07 Å². The monoisotopic (exact) mass is 473 g/mol. The largest absolute Gasteiger partial charge is 0.489 e. The highest BCUT2D eigenvalue weighted by Gasteiger charge is 2.16. The summed E-state index contributed by atoms with van der Waals surface area (Å²) in [6, 6.07) is 21.3. The van der Waals surface area contributed by atoms with Gasteiger partial charge in [-0.2, -0.15) is 5.10 Å². The second-order valence-corrected chi connectivity index (χ2v) is 8.91. The van der Waals surface area contributed by atoms with Gasteiger partial charge in [-0.25, -0.2) is 0 Å². The first kappa shape index (κ1) is 23.6. The van der Waals surface area contributed by atoms with Gasteiger partial charge in [0.1, 0.15) is 12.4 Å². The fraction of sp³-hybridized carbons (Fsp3) is 0.214. The van der Waals surface area contributed by atoms with Gasteiger partial charge in [0.15, 0.2) is 0 Å². The molecule has 3 aromatic carbocycles. The van der Waals surface area contributed by atoms with Gasteiger partial charge in [-0.05, 0) is 68.7 Å². The van der Waals surface area contributed by atoms with Crippen molar-refractivity contribution < 1.29 is 9.53 Å². The van der Waals surface area contributed by atoms with Gasteiger partial charge in [-0.3, -0.25) is 9.48 Å². The van der Waals surface area contributed by atoms with Gasteiger partial charge in [0.25, 0.3) is 5.91 Å². The number of hydrogen-bond acceptors (Lipinski definition) is 3. The zero-order valence-corrected chi connectivity index (χ0v) is 20.6. The lowest BCUT2D eigenvalue weighted by Gasteiger charge is -2.11. The predicted molar refractivity (Wildman–Crippen MR) is 137 cm³/mol. The highest BCUT2D eigenvalue weighted by Crippen LogP contribution is 2.24. The summed E-state index contributed by atoms with van der Waals surface area (Å²) in [5, 5.41) is 8.34. The minimum Gasteiger partial charge on any atom is -0.489 e. The van der Waals surface area contributed by atoms with Crippen LogP contribution in [0.5, 0.6) is 5.75 Å². The van der Waals surface area contributed by atoms with Crippen molar-refractivity contribution >= 4 is 23.2 Å². The van der Waals surface area contributed by atoms with Gasteiger partial charge < -0.3 is 10.1 Å². The Bertz CT molecular complexity index is 1340. The summed E-state index contributed by atoms with van der Waals surface area (Å²) in [6.07, 6.45) is 0. The molecule has 34 heavy (non-hydrogen) atoms. The molecule has 0 spiro atoms. The van der Waals surface area contributed by atoms with E-state index in [0.717, 1.165) is 33.8 Å². The van der Waals surface area contributed by atoms with Crippen molar-refractivity contribution in [3.8, 4) is 5.75 Å². The van der Waals surface area contributed by atoms with Gasteiger partial charge in [0.2, 0.25) is 0 Å². The summed E-state index contributed by atoms with van der Waals surface area (Å²) >= 11 is 6.31. The summed E-state index contributed by atoms with van der Waals surface area (Å²) in [6.45, 7) is 8.85. The molecular formula is C28H28ClN3O2. The number of aromatic nitrogens is 2. The maximum Gasteiger partial charge on any atom is 0.255 e. The zero-order valence-electron chi connectivity index (χ0n) is 19.9. The van der Waals surface area contributed by atoms with Crippen molar-refractivity contribution in [2.24, 2.45) is 0 Å². The number of aryl methyl sites for hydroxylation is 3. The standard InChI is InChI=1S/C28H28ClN3O2/c1-18-12-13-26(19(2)14-18)34-17-22-8-7-10-23(15-22)28(33)30-27-20(3)31-32(21(27)4)16-24-9-5-6-11-25(24)29/h5-15H,16-17H2,1-4H3,(H,30,33). The molecule has 0 aliphatic rings. The first-order valence-electron chi connectivity index (χ1n) is 11.2. The number of amides is 1. The van der Waals surface area contributed by atoms with E-state index in [4.69, 9.17) is 16.3 Å². The lowest BCUT2D eigenvalue weighted by Crippen LogP contribution is -2.14. The van der Waals surface area contributed by atoms with E-state index in [2.05, 4.69) is 23.4 Å². The molecular weight excluding hydrogens is 446 g/mol. The molecule has 0 aliphatic carbocycles. The Hall–Kier alpha value is -3.57. The Morgan fingerprint density at radius 2 is 1.79 bits per heavy atom. The van der Waals surface area contributed by atoms with Crippen LogP contribution in [0.3, 0.4) is 0 Å². The van der Waals surface area contributed by atoms with Crippen LogP contribution in [0.2, 0.25) is 5.02 Å². The Morgan fingerprint density at radius 3 is 2.56 bits per heavy atom. The molecule has 0 aliphatic heterocycles. The lowest BCUT2D eigenvalue weighted by atomic mass is 10.1. The molecule has 1 N–H and O–H groups in total. The molecule has 1 amide bonds. The summed E-state index contributed by atoms with van der Waals surface area (Å²) in [5.41, 5.74) is 7.11. The molecule has 4 aromatic rings. The summed E-state index contributed by atoms with van der Waals surface area (Å²) < 4.78 is 7.84. The van der Waals surface area contributed by atoms with E-state index in [0.29, 0.717) is 29.4 Å². The number of carbonyl (C=O) groups is 1. The second-order valence-electron chi connectivity index (χ2n) is 8.51. The molecule has 0 unspecified atom stereocenters. The third-order valence-electron chi connectivity index (χ3n) is 5.81. The molecule has 0 bridgehead atoms. The first-order valence-corrected chi connectivity index (χ1v) is 11.6. The van der Waals surface area contributed by atoms with Crippen molar-refractivity contribution in [1.29, 1.82) is 0 Å². The molecule has 174 valence electrons. The van der Waals surface area contributed by atoms with Gasteiger partial charge in [-0.15, -0.1) is 0 Å². The first-order chi connectivity index (χ1) is 16.3. The van der Waals surface area contributed by atoms with Crippen LogP contribution in [0.25, 0.3) is 0 Å². The molecule has 1 heterocycles. The van der Waals surface area contributed by atoms with E-state index in [-0.39, 0.29) is 5.91 Å². The fourth-order valence-electron chi connectivity index (χ4n) is 3.93. The van der Waals surface area contributed by atoms with E-state index in [1.165, 1.54) is 5.56 Å². The van der Waals surface area contributed by atoms with Crippen LogP contribution >= 0.6 is 11.6 Å². The van der Waals surface area contributed by atoms with E-state index < -0.39 is 0 Å². The molecule has 6 heteroatoms. The molecule has 0 saturated carbocycles. The van der Waals surface area contributed by atoms with Gasteiger partial charge in [-0.1, -0.05) is 59.6 Å². The molecule has 5 nitrogen and oxygen atoms in total. The number of carbonyl (C=O) groups excluding carboxylic acids is 1. The number of nitrogens with one attached hydrogen (secondary N) is 1. The predicted octanol–water partition coefficient (Wildman–Crippen LogP) is 6.65. The van der Waals surface area contributed by atoms with E-state index in [1.807, 2.05) is 80.1 Å². The molecule has 0 atom stereocenters. The van der Waals surface area contributed by atoms with Crippen molar-refractivity contribution in [1.82, 2.24) is 9.78 Å². The molecule has 4 rings (SSSR count). The maximum absolute atomic E-state index is 13.0. The number of anilines is 1. The van der Waals surface area contributed by atoms with Crippen LogP contribution in [0, 0.1) is 27.7 Å². The van der Waals surface area contributed by atoms with Crippen LogP contribution in [0.4, 0.5) is 5.69 Å². The summed E-state index contributed by atoms with van der Waals surface area (Å²) in [7, 11) is 0. The topological polar surface area (TPSA) is 56.1 Å². The van der Waals surface area contributed by atoms with Crippen molar-refractivity contribution in [3.63, 3.8) is 0 Å². The van der Waals surface area contributed by atoms with Crippen molar-refractivity contribution in [2.45, 2.75) is 40.8 Å². The van der Waals surface area contributed by atoms with Crippen LogP contribution in [-0.2, 0) is 13.2 Å². The number of benzene rings is 3. The minimum atomic E-state index is -0.183. The van der Waals surface area contributed by atoms with Crippen molar-refractivity contribution in [2.75, 3.05) is 5.32 Å². The molecule has 1 aromatic heterocycles. The normalized spacial score (nSPS) is 10.9. The number of nitrogens with zero attached hydrogens (tertiary/aromatic N) is 2. The minimum absolute atomic E-state index is 0.183. The summed E-state index contributed by atoms with van der Waals surface area (Å²) in [4.78, 5) is 13.0. The Morgan fingerprint density at radius 1 is 1.00 bits per heavy atom. The SMILES string of the molecule is Cc1ccc(OCc2cccc(C(=O)Nc3c(C)nn(Cc4ccccc4Cl)c3C)c2)c(C)c1. The molecule has 0 radical (unpaired) electrons. The number of rotatable bonds is 7. The second kappa shape index (κ2) is 10.1. The average Bonchev–Trinajstić information content (AvgIpc) is 3.07. The lowest BCUT2D eigenvalue weighted by molar-refractivity contribution is 0.102. The van der Waals surface area contributed by atoms with Gasteiger partial charge in [0.05, 0.1) is 23.6 Å². The zero-order chi connectivity index (χ0) is 24.2. The van der Waals surface area contributed by atoms with E-state index >= 15 is 0 Å². The highest BCUT2D eigenvalue weighted by molar-refractivity contribution is 6.31. The molecule has 0 fully saturated rings. The van der Waals surface area contributed by atoms with Crippen LogP contribution in [-0.4, -0.2) is 15.7 Å². The van der Waals surface area contributed by atoms with Crippen molar-refractivity contribution in [3.05, 3.63) is 111 Å². The van der Waals surface area contributed by atoms with Crippen LogP contribution in [0.1, 0.15) is 44.0 Å². The van der Waals surface area contributed by atoms with Gasteiger partial charge in [0, 0.05) is 10.6 Å². The van der Waals surface area contributed by atoms with Crippen LogP contribution < -0.4 is 10.1 Å². The van der Waals surface area contributed by atoms with Gasteiger partial charge >= 0.3 is 0 Å². The highest BCUT2D eigenvalue weighted by atomic mass is 35.5.